The van der Waals surface area contributed by atoms with Crippen LogP contribution in [0.1, 0.15) is 69.7 Å². The van der Waals surface area contributed by atoms with Gasteiger partial charge in [-0.25, -0.2) is 4.79 Å². The minimum atomic E-state index is -1.00. The molecule has 0 aromatic heterocycles. The lowest BCUT2D eigenvalue weighted by Crippen LogP contribution is -2.56. The first-order valence-corrected chi connectivity index (χ1v) is 12.3. The van der Waals surface area contributed by atoms with Gasteiger partial charge in [-0.1, -0.05) is 30.3 Å². The lowest BCUT2D eigenvalue weighted by Gasteiger charge is -2.43. The summed E-state index contributed by atoms with van der Waals surface area (Å²) >= 11 is 0. The Morgan fingerprint density at radius 3 is 2.19 bits per heavy atom. The Bertz CT molecular complexity index is 1100. The van der Waals surface area contributed by atoms with Crippen LogP contribution in [0.4, 0.5) is 10.5 Å². The summed E-state index contributed by atoms with van der Waals surface area (Å²) in [6.07, 6.45) is 1.73. The van der Waals surface area contributed by atoms with E-state index in [1.165, 1.54) is 12.1 Å². The lowest BCUT2D eigenvalue weighted by molar-refractivity contribution is -0.145. The fourth-order valence-electron chi connectivity index (χ4n) is 4.29. The van der Waals surface area contributed by atoms with Crippen molar-refractivity contribution in [3.05, 3.63) is 59.2 Å². The molecule has 0 spiro atoms. The number of hydrogen-bond donors (Lipinski definition) is 3. The number of carbonyl (C=O) groups is 3. The highest BCUT2D eigenvalue weighted by atomic mass is 16.6. The van der Waals surface area contributed by atoms with E-state index in [-0.39, 0.29) is 17.7 Å². The van der Waals surface area contributed by atoms with Gasteiger partial charge in [0.2, 0.25) is 5.91 Å². The molecule has 194 valence electrons. The van der Waals surface area contributed by atoms with Crippen molar-refractivity contribution in [1.82, 2.24) is 10.2 Å². The predicted molar refractivity (Wildman–Crippen MR) is 139 cm³/mol. The summed E-state index contributed by atoms with van der Waals surface area (Å²) in [5.74, 6) is -0.781. The van der Waals surface area contributed by atoms with E-state index < -0.39 is 29.7 Å². The molecule has 8 heteroatoms. The van der Waals surface area contributed by atoms with Crippen LogP contribution in [0.2, 0.25) is 0 Å². The van der Waals surface area contributed by atoms with E-state index in [1.54, 1.807) is 44.7 Å². The molecule has 2 aromatic rings. The van der Waals surface area contributed by atoms with Gasteiger partial charge in [-0.2, -0.15) is 0 Å². The second-order valence-corrected chi connectivity index (χ2v) is 10.5. The molecule has 1 saturated carbocycles. The molecule has 36 heavy (non-hydrogen) atoms. The van der Waals surface area contributed by atoms with Gasteiger partial charge in [-0.05, 0) is 89.6 Å². The number of anilines is 1. The average molecular weight is 496 g/mol. The Balaban J connectivity index is 1.98. The summed E-state index contributed by atoms with van der Waals surface area (Å²) in [5.41, 5.74) is 2.27. The normalized spacial score (nSPS) is 15.3. The van der Waals surface area contributed by atoms with Gasteiger partial charge in [0.15, 0.2) is 0 Å². The molecule has 1 fully saturated rings. The van der Waals surface area contributed by atoms with Crippen molar-refractivity contribution in [1.29, 1.82) is 0 Å². The van der Waals surface area contributed by atoms with Gasteiger partial charge in [-0.15, -0.1) is 0 Å². The molecular formula is C28H37N3O5. The summed E-state index contributed by atoms with van der Waals surface area (Å²) in [6.45, 7) is 10.6. The van der Waals surface area contributed by atoms with Gasteiger partial charge in [0.05, 0.1) is 0 Å². The molecule has 0 heterocycles. The van der Waals surface area contributed by atoms with E-state index in [9.17, 15) is 19.5 Å². The van der Waals surface area contributed by atoms with Crippen molar-refractivity contribution in [3.63, 3.8) is 0 Å². The number of amides is 3. The fraction of sp³-hybridized carbons (Fsp3) is 0.464. The maximum atomic E-state index is 13.9. The SMILES string of the molecule is Cc1cccc(C)c1NC(=O)C(c1cccc(O)c1)N(C(=O)C(C)NC(=O)OC(C)(C)C)C1CCC1. The minimum Gasteiger partial charge on any atom is -0.508 e. The molecule has 0 saturated heterocycles. The number of nitrogens with one attached hydrogen (secondary N) is 2. The summed E-state index contributed by atoms with van der Waals surface area (Å²) in [4.78, 5) is 41.6. The number of phenolic OH excluding ortho intramolecular Hbond substituents is 1. The van der Waals surface area contributed by atoms with E-state index in [0.717, 1.165) is 30.4 Å². The number of carbonyl (C=O) groups excluding carboxylic acids is 3. The monoisotopic (exact) mass is 495 g/mol. The largest absolute Gasteiger partial charge is 0.508 e. The Morgan fingerprint density at radius 1 is 1.06 bits per heavy atom. The van der Waals surface area contributed by atoms with Crippen LogP contribution >= 0.6 is 0 Å². The maximum absolute atomic E-state index is 13.9. The quantitative estimate of drug-likeness (QED) is 0.502. The first-order valence-electron chi connectivity index (χ1n) is 12.3. The van der Waals surface area contributed by atoms with Crippen molar-refractivity contribution in [3.8, 4) is 5.75 Å². The van der Waals surface area contributed by atoms with Crippen LogP contribution in [-0.4, -0.2) is 45.6 Å². The zero-order valence-electron chi connectivity index (χ0n) is 21.9. The number of phenols is 1. The zero-order valence-corrected chi connectivity index (χ0v) is 21.9. The molecule has 0 aliphatic heterocycles. The van der Waals surface area contributed by atoms with Crippen LogP contribution in [0.15, 0.2) is 42.5 Å². The second kappa shape index (κ2) is 11.0. The average Bonchev–Trinajstić information content (AvgIpc) is 2.72. The number of rotatable bonds is 7. The van der Waals surface area contributed by atoms with Gasteiger partial charge in [0.1, 0.15) is 23.4 Å². The van der Waals surface area contributed by atoms with Crippen molar-refractivity contribution in [2.45, 2.75) is 84.5 Å². The lowest BCUT2D eigenvalue weighted by atomic mass is 9.88. The molecule has 1 aliphatic rings. The van der Waals surface area contributed by atoms with E-state index in [4.69, 9.17) is 4.74 Å². The van der Waals surface area contributed by atoms with Crippen LogP contribution in [0.3, 0.4) is 0 Å². The van der Waals surface area contributed by atoms with E-state index in [0.29, 0.717) is 11.3 Å². The number of nitrogens with zero attached hydrogens (tertiary/aromatic N) is 1. The first-order chi connectivity index (χ1) is 16.9. The fourth-order valence-corrected chi connectivity index (χ4v) is 4.29. The van der Waals surface area contributed by atoms with Crippen molar-refractivity contribution in [2.24, 2.45) is 0 Å². The molecule has 3 N–H and O–H groups in total. The highest BCUT2D eigenvalue weighted by Crippen LogP contribution is 2.35. The summed E-state index contributed by atoms with van der Waals surface area (Å²) in [5, 5.41) is 15.8. The number of hydrogen-bond acceptors (Lipinski definition) is 5. The van der Waals surface area contributed by atoms with Gasteiger partial charge in [0.25, 0.3) is 5.91 Å². The van der Waals surface area contributed by atoms with Crippen molar-refractivity contribution in [2.75, 3.05) is 5.32 Å². The minimum absolute atomic E-state index is 0.00157. The van der Waals surface area contributed by atoms with Gasteiger partial charge in [0, 0.05) is 11.7 Å². The third-order valence-corrected chi connectivity index (χ3v) is 6.27. The van der Waals surface area contributed by atoms with Crippen LogP contribution in [-0.2, 0) is 14.3 Å². The van der Waals surface area contributed by atoms with E-state index in [2.05, 4.69) is 10.6 Å². The molecule has 2 aromatic carbocycles. The van der Waals surface area contributed by atoms with Gasteiger partial charge < -0.3 is 25.4 Å². The Labute approximate surface area is 213 Å². The summed E-state index contributed by atoms with van der Waals surface area (Å²) in [6, 6.07) is 10.0. The number of aromatic hydroxyl groups is 1. The number of aryl methyl sites for hydroxylation is 2. The van der Waals surface area contributed by atoms with Crippen LogP contribution in [0.25, 0.3) is 0 Å². The smallest absolute Gasteiger partial charge is 0.408 e. The molecule has 2 atom stereocenters. The van der Waals surface area contributed by atoms with Gasteiger partial charge >= 0.3 is 6.09 Å². The molecule has 8 nitrogen and oxygen atoms in total. The maximum Gasteiger partial charge on any atom is 0.408 e. The van der Waals surface area contributed by atoms with Crippen molar-refractivity contribution >= 4 is 23.6 Å². The molecule has 3 rings (SSSR count). The van der Waals surface area contributed by atoms with E-state index >= 15 is 0 Å². The zero-order chi connectivity index (χ0) is 26.6. The molecular weight excluding hydrogens is 458 g/mol. The summed E-state index contributed by atoms with van der Waals surface area (Å²) < 4.78 is 5.32. The predicted octanol–water partition coefficient (Wildman–Crippen LogP) is 4.98. The topological polar surface area (TPSA) is 108 Å². The number of alkyl carbamates (subject to hydrolysis) is 1. The van der Waals surface area contributed by atoms with Gasteiger partial charge in [-0.3, -0.25) is 9.59 Å². The third-order valence-electron chi connectivity index (χ3n) is 6.27. The number of para-hydroxylation sites is 1. The van der Waals surface area contributed by atoms with Crippen molar-refractivity contribution < 1.29 is 24.2 Å². The second-order valence-electron chi connectivity index (χ2n) is 10.5. The Hall–Kier alpha value is -3.55. The molecule has 3 amide bonds. The number of ether oxygens (including phenoxy) is 1. The number of benzene rings is 2. The Morgan fingerprint density at radius 2 is 1.67 bits per heavy atom. The first kappa shape index (κ1) is 27.0. The van der Waals surface area contributed by atoms with Crippen LogP contribution in [0, 0.1) is 13.8 Å². The van der Waals surface area contributed by atoms with Crippen LogP contribution < -0.4 is 10.6 Å². The molecule has 2 unspecified atom stereocenters. The third kappa shape index (κ3) is 6.56. The highest BCUT2D eigenvalue weighted by Gasteiger charge is 2.41. The molecule has 0 bridgehead atoms. The van der Waals surface area contributed by atoms with E-state index in [1.807, 2.05) is 32.0 Å². The Kier molecular flexibility index (Phi) is 8.28. The summed E-state index contributed by atoms with van der Waals surface area (Å²) in [7, 11) is 0. The standard InChI is InChI=1S/C28H37N3O5/c1-17-10-7-11-18(2)23(17)30-25(33)24(20-12-8-15-22(32)16-20)31(21-13-9-14-21)26(34)19(3)29-27(35)36-28(4,5)6/h7-8,10-12,15-16,19,21,24,32H,9,13-14H2,1-6H3,(H,29,35)(H,30,33). The van der Waals surface area contributed by atoms with Crippen LogP contribution in [0.5, 0.6) is 5.75 Å². The highest BCUT2D eigenvalue weighted by molar-refractivity contribution is 6.00. The molecule has 1 aliphatic carbocycles. The molecule has 0 radical (unpaired) electrons.